The second-order valence-electron chi connectivity index (χ2n) is 14.1. The van der Waals surface area contributed by atoms with E-state index in [1.54, 1.807) is 0 Å². The van der Waals surface area contributed by atoms with Gasteiger partial charge in [-0.1, -0.05) is 129 Å². The maximum Gasteiger partial charge on any atom is 0.0630 e. The molecule has 0 amide bonds. The molecule has 1 nitrogen and oxygen atoms in total. The van der Waals surface area contributed by atoms with Crippen LogP contribution in [-0.2, 0) is 11.8 Å². The standard InChI is InChI=1S/C46H35N/c1-46(2)42-14-8-6-12-36(42)37-22-20-32(28-43(37)46)30-17-19-34-24-33-18-16-29(25-39(33)40(34)26-30)31-21-23-45-41(27-31)38-13-7-9-15-44(38)47(45)35-10-4-3-5-11-35/h3-23,25-28,41,45H,24H2,1-2H3. The van der Waals surface area contributed by atoms with Crippen LogP contribution in [0.5, 0.6) is 0 Å². The molecule has 0 fully saturated rings. The maximum absolute atomic E-state index is 2.50. The third-order valence-corrected chi connectivity index (χ3v) is 11.2. The van der Waals surface area contributed by atoms with Crippen molar-refractivity contribution in [1.82, 2.24) is 0 Å². The summed E-state index contributed by atoms with van der Waals surface area (Å²) < 4.78 is 0. The van der Waals surface area contributed by atoms with E-state index in [4.69, 9.17) is 0 Å². The normalized spacial score (nSPS) is 18.9. The quantitative estimate of drug-likeness (QED) is 0.195. The summed E-state index contributed by atoms with van der Waals surface area (Å²) in [5.74, 6) is 0.314. The zero-order chi connectivity index (χ0) is 31.3. The van der Waals surface area contributed by atoms with Gasteiger partial charge in [0, 0.05) is 22.7 Å². The van der Waals surface area contributed by atoms with Gasteiger partial charge in [-0.2, -0.15) is 0 Å². The van der Waals surface area contributed by atoms with Crippen molar-refractivity contribution in [2.45, 2.75) is 37.6 Å². The van der Waals surface area contributed by atoms with Gasteiger partial charge in [0.15, 0.2) is 0 Å². The number of hydrogen-bond donors (Lipinski definition) is 0. The number of allylic oxidation sites excluding steroid dienone is 2. The van der Waals surface area contributed by atoms with Gasteiger partial charge in [0.1, 0.15) is 0 Å². The van der Waals surface area contributed by atoms with Crippen LogP contribution in [0.1, 0.15) is 53.1 Å². The number of fused-ring (bicyclic) bond motifs is 9. The van der Waals surface area contributed by atoms with E-state index in [0.29, 0.717) is 5.92 Å². The molecule has 6 aromatic rings. The predicted molar refractivity (Wildman–Crippen MR) is 196 cm³/mol. The van der Waals surface area contributed by atoms with E-state index in [1.165, 1.54) is 83.7 Å². The second-order valence-corrected chi connectivity index (χ2v) is 14.1. The van der Waals surface area contributed by atoms with Crippen LogP contribution in [0.3, 0.4) is 0 Å². The molecule has 0 aromatic heterocycles. The molecule has 0 N–H and O–H groups in total. The lowest BCUT2D eigenvalue weighted by atomic mass is 9.81. The summed E-state index contributed by atoms with van der Waals surface area (Å²) >= 11 is 0. The Morgan fingerprint density at radius 3 is 2.09 bits per heavy atom. The fourth-order valence-corrected chi connectivity index (χ4v) is 8.84. The monoisotopic (exact) mass is 601 g/mol. The van der Waals surface area contributed by atoms with E-state index in [2.05, 4.69) is 170 Å². The molecule has 3 aliphatic carbocycles. The Bertz CT molecular complexity index is 2320. The number of para-hydroxylation sites is 2. The molecular weight excluding hydrogens is 567 g/mol. The molecular formula is C46H35N. The minimum atomic E-state index is -0.00162. The number of hydrogen-bond acceptors (Lipinski definition) is 1. The smallest absolute Gasteiger partial charge is 0.0630 e. The third-order valence-electron chi connectivity index (χ3n) is 11.2. The van der Waals surface area contributed by atoms with Gasteiger partial charge in [0.2, 0.25) is 0 Å². The molecule has 0 saturated carbocycles. The van der Waals surface area contributed by atoms with Gasteiger partial charge in [0.25, 0.3) is 0 Å². The molecule has 1 heterocycles. The molecule has 10 rings (SSSR count). The summed E-state index contributed by atoms with van der Waals surface area (Å²) in [6.07, 6.45) is 8.27. The van der Waals surface area contributed by atoms with Gasteiger partial charge in [-0.05, 0) is 115 Å². The molecule has 4 aliphatic rings. The van der Waals surface area contributed by atoms with E-state index in [0.717, 1.165) is 6.42 Å². The molecule has 0 saturated heterocycles. The minimum Gasteiger partial charge on any atom is -0.333 e. The van der Waals surface area contributed by atoms with E-state index in [-0.39, 0.29) is 11.5 Å². The van der Waals surface area contributed by atoms with Crippen LogP contribution in [0.4, 0.5) is 11.4 Å². The predicted octanol–water partition coefficient (Wildman–Crippen LogP) is 11.5. The number of rotatable bonds is 3. The highest BCUT2D eigenvalue weighted by atomic mass is 15.2. The zero-order valence-corrected chi connectivity index (χ0v) is 26.7. The topological polar surface area (TPSA) is 3.24 Å². The van der Waals surface area contributed by atoms with Crippen LogP contribution < -0.4 is 4.90 Å². The molecule has 0 spiro atoms. The number of anilines is 2. The minimum absolute atomic E-state index is 0.00162. The van der Waals surface area contributed by atoms with Crippen LogP contribution in [-0.4, -0.2) is 6.04 Å². The Morgan fingerprint density at radius 1 is 0.574 bits per heavy atom. The lowest BCUT2D eigenvalue weighted by molar-refractivity contribution is 0.660. The fraction of sp³-hybridized carbons (Fsp3) is 0.130. The van der Waals surface area contributed by atoms with E-state index in [9.17, 15) is 0 Å². The Kier molecular flexibility index (Phi) is 5.58. The highest BCUT2D eigenvalue weighted by molar-refractivity contribution is 5.89. The van der Waals surface area contributed by atoms with Crippen molar-refractivity contribution < 1.29 is 0 Å². The van der Waals surface area contributed by atoms with Crippen LogP contribution in [0.2, 0.25) is 0 Å². The molecule has 1 aliphatic heterocycles. The highest BCUT2D eigenvalue weighted by Gasteiger charge is 2.38. The molecule has 2 unspecified atom stereocenters. The summed E-state index contributed by atoms with van der Waals surface area (Å²) in [4.78, 5) is 2.50. The average Bonchev–Trinajstić information content (AvgIpc) is 3.73. The molecule has 2 atom stereocenters. The first kappa shape index (κ1) is 26.8. The molecule has 1 heteroatoms. The van der Waals surface area contributed by atoms with E-state index >= 15 is 0 Å². The fourth-order valence-electron chi connectivity index (χ4n) is 8.84. The number of nitrogens with zero attached hydrogens (tertiary/aromatic N) is 1. The molecule has 0 bridgehead atoms. The van der Waals surface area contributed by atoms with Crippen molar-refractivity contribution in [3.05, 3.63) is 185 Å². The maximum atomic E-state index is 2.50. The molecule has 224 valence electrons. The van der Waals surface area contributed by atoms with Crippen molar-refractivity contribution in [2.75, 3.05) is 4.90 Å². The second kappa shape index (κ2) is 9.80. The van der Waals surface area contributed by atoms with Gasteiger partial charge < -0.3 is 4.90 Å². The van der Waals surface area contributed by atoms with Crippen LogP contribution in [0.25, 0.3) is 39.0 Å². The van der Waals surface area contributed by atoms with Crippen LogP contribution in [0.15, 0.2) is 152 Å². The first-order valence-corrected chi connectivity index (χ1v) is 16.9. The van der Waals surface area contributed by atoms with Crippen molar-refractivity contribution >= 4 is 16.9 Å². The van der Waals surface area contributed by atoms with Gasteiger partial charge in [0.05, 0.1) is 6.04 Å². The first-order valence-electron chi connectivity index (χ1n) is 16.9. The largest absolute Gasteiger partial charge is 0.333 e. The molecule has 6 aromatic carbocycles. The first-order chi connectivity index (χ1) is 23.0. The Hall–Kier alpha value is -5.40. The van der Waals surface area contributed by atoms with Gasteiger partial charge in [-0.15, -0.1) is 0 Å². The third kappa shape index (κ3) is 3.90. The lowest BCUT2D eigenvalue weighted by Gasteiger charge is -2.29. The van der Waals surface area contributed by atoms with Crippen molar-refractivity contribution in [3.8, 4) is 33.4 Å². The van der Waals surface area contributed by atoms with E-state index < -0.39 is 0 Å². The van der Waals surface area contributed by atoms with Crippen molar-refractivity contribution in [2.24, 2.45) is 0 Å². The Balaban J connectivity index is 1.01. The lowest BCUT2D eigenvalue weighted by Crippen LogP contribution is -2.28. The van der Waals surface area contributed by atoms with Crippen LogP contribution in [0, 0.1) is 0 Å². The molecule has 47 heavy (non-hydrogen) atoms. The highest BCUT2D eigenvalue weighted by Crippen LogP contribution is 2.51. The summed E-state index contributed by atoms with van der Waals surface area (Å²) in [6.45, 7) is 4.73. The average molecular weight is 602 g/mol. The van der Waals surface area contributed by atoms with Crippen molar-refractivity contribution in [1.29, 1.82) is 0 Å². The zero-order valence-electron chi connectivity index (χ0n) is 26.7. The van der Waals surface area contributed by atoms with Crippen molar-refractivity contribution in [3.63, 3.8) is 0 Å². The SMILES string of the molecule is CC1(C)c2ccccc2-c2ccc(-c3ccc4c(c3)-c3cc(C5=CC6c7ccccc7N(c7ccccc7)C6C=C5)ccc3C4)cc21. The summed E-state index contributed by atoms with van der Waals surface area (Å²) in [7, 11) is 0. The van der Waals surface area contributed by atoms with Crippen LogP contribution >= 0.6 is 0 Å². The van der Waals surface area contributed by atoms with E-state index in [1.807, 2.05) is 0 Å². The van der Waals surface area contributed by atoms with Gasteiger partial charge in [-0.3, -0.25) is 0 Å². The van der Waals surface area contributed by atoms with Gasteiger partial charge in [-0.25, -0.2) is 0 Å². The Labute approximate surface area is 277 Å². The summed E-state index contributed by atoms with van der Waals surface area (Å²) in [6, 6.07) is 50.3. The Morgan fingerprint density at radius 2 is 1.23 bits per heavy atom. The molecule has 0 radical (unpaired) electrons. The summed E-state index contributed by atoms with van der Waals surface area (Å²) in [5.41, 5.74) is 20.3. The number of benzene rings is 6. The summed E-state index contributed by atoms with van der Waals surface area (Å²) in [5, 5.41) is 0. The van der Waals surface area contributed by atoms with Gasteiger partial charge >= 0.3 is 0 Å².